The SMILES string of the molecule is CCCCCCCCCCCCCCCC(=O)C(O)(CO)C(O)C(O)C(O)C(=O)O. The lowest BCUT2D eigenvalue weighted by molar-refractivity contribution is -0.188. The van der Waals surface area contributed by atoms with E-state index in [1.54, 1.807) is 0 Å². The Morgan fingerprint density at radius 2 is 1.17 bits per heavy atom. The Hall–Kier alpha value is -1.06. The van der Waals surface area contributed by atoms with Crippen LogP contribution < -0.4 is 0 Å². The van der Waals surface area contributed by atoms with Gasteiger partial charge in [-0.1, -0.05) is 84.0 Å². The van der Waals surface area contributed by atoms with Gasteiger partial charge in [0, 0.05) is 6.42 Å². The lowest BCUT2D eigenvalue weighted by Crippen LogP contribution is -2.60. The fraction of sp³-hybridized carbons (Fsp3) is 0.909. The van der Waals surface area contributed by atoms with E-state index in [9.17, 15) is 35.1 Å². The van der Waals surface area contributed by atoms with Crippen LogP contribution in [0.15, 0.2) is 0 Å². The number of carbonyl (C=O) groups excluding carboxylic acids is 1. The molecule has 8 heteroatoms. The zero-order valence-corrected chi connectivity index (χ0v) is 18.3. The molecule has 0 saturated carbocycles. The van der Waals surface area contributed by atoms with Crippen molar-refractivity contribution in [3.63, 3.8) is 0 Å². The third kappa shape index (κ3) is 10.8. The van der Waals surface area contributed by atoms with Crippen LogP contribution >= 0.6 is 0 Å². The number of aliphatic carboxylic acids is 1. The molecule has 0 heterocycles. The van der Waals surface area contributed by atoms with E-state index in [1.807, 2.05) is 0 Å². The van der Waals surface area contributed by atoms with E-state index in [1.165, 1.54) is 51.4 Å². The lowest BCUT2D eigenvalue weighted by Gasteiger charge is -2.33. The van der Waals surface area contributed by atoms with Gasteiger partial charge in [0.05, 0.1) is 6.61 Å². The molecule has 0 saturated heterocycles. The number of ketones is 1. The summed E-state index contributed by atoms with van der Waals surface area (Å²) in [6, 6.07) is 0. The van der Waals surface area contributed by atoms with E-state index in [0.29, 0.717) is 6.42 Å². The maximum atomic E-state index is 12.2. The minimum Gasteiger partial charge on any atom is -0.479 e. The molecule has 0 fully saturated rings. The van der Waals surface area contributed by atoms with Crippen LogP contribution in [0.4, 0.5) is 0 Å². The largest absolute Gasteiger partial charge is 0.479 e. The summed E-state index contributed by atoms with van der Waals surface area (Å²) in [5.74, 6) is -2.71. The minimum atomic E-state index is -2.72. The average molecular weight is 435 g/mol. The van der Waals surface area contributed by atoms with Crippen molar-refractivity contribution in [2.45, 2.75) is 121 Å². The zero-order chi connectivity index (χ0) is 23.0. The summed E-state index contributed by atoms with van der Waals surface area (Å²) in [5, 5.41) is 57.1. The first-order valence-corrected chi connectivity index (χ1v) is 11.4. The maximum Gasteiger partial charge on any atom is 0.335 e. The summed E-state index contributed by atoms with van der Waals surface area (Å²) >= 11 is 0. The van der Waals surface area contributed by atoms with Crippen LogP contribution in [0.25, 0.3) is 0 Å². The van der Waals surface area contributed by atoms with Crippen LogP contribution in [-0.4, -0.2) is 72.9 Å². The molecule has 0 bridgehead atoms. The van der Waals surface area contributed by atoms with E-state index in [-0.39, 0.29) is 6.42 Å². The number of hydrogen-bond donors (Lipinski definition) is 6. The molecule has 178 valence electrons. The van der Waals surface area contributed by atoms with Crippen molar-refractivity contribution in [2.24, 2.45) is 0 Å². The van der Waals surface area contributed by atoms with Crippen molar-refractivity contribution < 1.29 is 40.2 Å². The van der Waals surface area contributed by atoms with Gasteiger partial charge >= 0.3 is 5.97 Å². The van der Waals surface area contributed by atoms with E-state index in [2.05, 4.69) is 6.92 Å². The predicted molar refractivity (Wildman–Crippen MR) is 113 cm³/mol. The highest BCUT2D eigenvalue weighted by molar-refractivity contribution is 5.88. The number of unbranched alkanes of at least 4 members (excludes halogenated alkanes) is 12. The van der Waals surface area contributed by atoms with Crippen molar-refractivity contribution in [3.8, 4) is 0 Å². The fourth-order valence-corrected chi connectivity index (χ4v) is 3.47. The van der Waals surface area contributed by atoms with Crippen LogP contribution in [0.3, 0.4) is 0 Å². The second-order valence-electron chi connectivity index (χ2n) is 8.22. The van der Waals surface area contributed by atoms with Gasteiger partial charge in [-0.2, -0.15) is 0 Å². The fourth-order valence-electron chi connectivity index (χ4n) is 3.47. The molecule has 0 aromatic rings. The Balaban J connectivity index is 4.01. The third-order valence-corrected chi connectivity index (χ3v) is 5.62. The van der Waals surface area contributed by atoms with Crippen molar-refractivity contribution in [3.05, 3.63) is 0 Å². The van der Waals surface area contributed by atoms with E-state index in [4.69, 9.17) is 5.11 Å². The van der Waals surface area contributed by atoms with Crippen LogP contribution in [0.1, 0.15) is 96.8 Å². The second-order valence-corrected chi connectivity index (χ2v) is 8.22. The van der Waals surface area contributed by atoms with Gasteiger partial charge in [0.15, 0.2) is 17.5 Å². The number of carbonyl (C=O) groups is 2. The molecule has 0 aliphatic carbocycles. The first-order valence-electron chi connectivity index (χ1n) is 11.4. The van der Waals surface area contributed by atoms with Gasteiger partial charge in [-0.05, 0) is 6.42 Å². The van der Waals surface area contributed by atoms with Gasteiger partial charge in [0.25, 0.3) is 0 Å². The Bertz CT molecular complexity index is 470. The summed E-state index contributed by atoms with van der Waals surface area (Å²) in [7, 11) is 0. The standard InChI is InChI=1S/C22H42O8/c1-2-3-4-5-6-7-8-9-10-11-12-13-14-15-17(24)22(30,16-23)20(27)18(25)19(26)21(28)29/h18-20,23,25-27,30H,2-16H2,1H3,(H,28,29). The molecule has 30 heavy (non-hydrogen) atoms. The quantitative estimate of drug-likeness (QED) is 0.159. The van der Waals surface area contributed by atoms with Crippen LogP contribution in [0, 0.1) is 0 Å². The molecule has 0 rings (SSSR count). The molecular weight excluding hydrogens is 392 g/mol. The summed E-state index contributed by atoms with van der Waals surface area (Å²) in [6.07, 6.45) is 7.47. The van der Waals surface area contributed by atoms with Crippen molar-refractivity contribution in [1.29, 1.82) is 0 Å². The number of carboxylic acid groups (broad SMARTS) is 1. The average Bonchev–Trinajstić information content (AvgIpc) is 2.74. The van der Waals surface area contributed by atoms with Crippen LogP contribution in [0.5, 0.6) is 0 Å². The molecule has 8 nitrogen and oxygen atoms in total. The lowest BCUT2D eigenvalue weighted by atomic mass is 9.85. The molecule has 0 spiro atoms. The minimum absolute atomic E-state index is 0.123. The molecule has 0 aromatic heterocycles. The Morgan fingerprint density at radius 3 is 1.53 bits per heavy atom. The van der Waals surface area contributed by atoms with E-state index >= 15 is 0 Å². The monoisotopic (exact) mass is 434 g/mol. The van der Waals surface area contributed by atoms with E-state index < -0.39 is 42.3 Å². The molecule has 0 radical (unpaired) electrons. The highest BCUT2D eigenvalue weighted by Gasteiger charge is 2.48. The Kier molecular flexibility index (Phi) is 16.0. The number of aliphatic hydroxyl groups excluding tert-OH is 4. The van der Waals surface area contributed by atoms with Crippen LogP contribution in [-0.2, 0) is 9.59 Å². The maximum absolute atomic E-state index is 12.2. The highest BCUT2D eigenvalue weighted by Crippen LogP contribution is 2.21. The highest BCUT2D eigenvalue weighted by atomic mass is 16.4. The molecule has 4 unspecified atom stereocenters. The molecule has 0 aliphatic rings. The van der Waals surface area contributed by atoms with Gasteiger partial charge in [-0.3, -0.25) is 4.79 Å². The van der Waals surface area contributed by atoms with Gasteiger partial charge < -0.3 is 30.6 Å². The second kappa shape index (κ2) is 16.6. The number of aliphatic hydroxyl groups is 5. The first-order chi connectivity index (χ1) is 14.2. The number of rotatable bonds is 20. The van der Waals surface area contributed by atoms with Gasteiger partial charge in [0.1, 0.15) is 12.2 Å². The van der Waals surface area contributed by atoms with Crippen molar-refractivity contribution in [2.75, 3.05) is 6.61 Å². The normalized spacial score (nSPS) is 16.6. The van der Waals surface area contributed by atoms with Gasteiger partial charge in [-0.25, -0.2) is 4.79 Å². The Labute approximate surface area is 179 Å². The molecule has 6 N–H and O–H groups in total. The third-order valence-electron chi connectivity index (χ3n) is 5.62. The molecule has 4 atom stereocenters. The summed E-state index contributed by atoms with van der Waals surface area (Å²) in [6.45, 7) is 1.03. The van der Waals surface area contributed by atoms with Crippen molar-refractivity contribution in [1.82, 2.24) is 0 Å². The van der Waals surface area contributed by atoms with Crippen LogP contribution in [0.2, 0.25) is 0 Å². The summed E-state index contributed by atoms with van der Waals surface area (Å²) in [5.41, 5.74) is -2.72. The summed E-state index contributed by atoms with van der Waals surface area (Å²) in [4.78, 5) is 22.9. The molecule has 0 amide bonds. The molecule has 0 aliphatic heterocycles. The molecule has 0 aromatic carbocycles. The number of carboxylic acids is 1. The van der Waals surface area contributed by atoms with Gasteiger partial charge in [-0.15, -0.1) is 0 Å². The van der Waals surface area contributed by atoms with Crippen molar-refractivity contribution >= 4 is 11.8 Å². The Morgan fingerprint density at radius 1 is 0.767 bits per heavy atom. The topological polar surface area (TPSA) is 156 Å². The number of Topliss-reactive ketones (excluding diaryl/α,β-unsaturated/α-hetero) is 1. The first kappa shape index (κ1) is 28.9. The van der Waals surface area contributed by atoms with Gasteiger partial charge in [0.2, 0.25) is 0 Å². The zero-order valence-electron chi connectivity index (χ0n) is 18.3. The predicted octanol–water partition coefficient (Wildman–Crippen LogP) is 1.93. The number of hydrogen-bond acceptors (Lipinski definition) is 7. The molecular formula is C22H42O8. The smallest absolute Gasteiger partial charge is 0.335 e. The summed E-state index contributed by atoms with van der Waals surface area (Å²) < 4.78 is 0. The van der Waals surface area contributed by atoms with E-state index in [0.717, 1.165) is 25.7 Å².